The third kappa shape index (κ3) is 2.24. The van der Waals surface area contributed by atoms with Gasteiger partial charge in [-0.05, 0) is 24.3 Å². The van der Waals surface area contributed by atoms with Gasteiger partial charge in [-0.25, -0.2) is 0 Å². The molecule has 20 heavy (non-hydrogen) atoms. The molecule has 1 heterocycles. The van der Waals surface area contributed by atoms with Gasteiger partial charge in [0.2, 0.25) is 0 Å². The van der Waals surface area contributed by atoms with E-state index in [0.29, 0.717) is 0 Å². The van der Waals surface area contributed by atoms with E-state index in [4.69, 9.17) is 4.42 Å². The summed E-state index contributed by atoms with van der Waals surface area (Å²) in [7, 11) is 1.35. The summed E-state index contributed by atoms with van der Waals surface area (Å²) in [6.45, 7) is 0. The van der Waals surface area contributed by atoms with E-state index in [0.717, 1.165) is 27.5 Å². The second-order valence-corrected chi connectivity index (χ2v) is 4.36. The normalized spacial score (nSPS) is 10.2. The number of carbonyl (C=O) groups is 1. The molecule has 0 saturated heterocycles. The predicted octanol–water partition coefficient (Wildman–Crippen LogP) is 3.50. The molecule has 0 aliphatic carbocycles. The van der Waals surface area contributed by atoms with Crippen LogP contribution in [0, 0.1) is 11.8 Å². The highest BCUT2D eigenvalue weighted by Crippen LogP contribution is 2.28. The Kier molecular flexibility index (Phi) is 3.14. The van der Waals surface area contributed by atoms with Crippen molar-refractivity contribution in [2.75, 3.05) is 7.11 Å². The van der Waals surface area contributed by atoms with Crippen LogP contribution in [0.25, 0.3) is 21.9 Å². The van der Waals surface area contributed by atoms with Crippen molar-refractivity contribution in [3.05, 3.63) is 48.0 Å². The second kappa shape index (κ2) is 5.10. The summed E-state index contributed by atoms with van der Waals surface area (Å²) in [5.41, 5.74) is 2.56. The Bertz CT molecular complexity index is 847. The monoisotopic (exact) mass is 264 g/mol. The van der Waals surface area contributed by atoms with Crippen LogP contribution in [0.4, 0.5) is 0 Å². The van der Waals surface area contributed by atoms with E-state index in [-0.39, 0.29) is 12.4 Å². The molecule has 0 unspecified atom stereocenters. The predicted molar refractivity (Wildman–Crippen MR) is 77.2 cm³/mol. The maximum atomic E-state index is 11.0. The highest BCUT2D eigenvalue weighted by molar-refractivity contribution is 6.05. The SMILES string of the molecule is COC(=O)CC#Cc1ccc2oc3ccccc3c2c1. The first-order valence-corrected chi connectivity index (χ1v) is 6.25. The van der Waals surface area contributed by atoms with Gasteiger partial charge in [-0.1, -0.05) is 30.0 Å². The lowest BCUT2D eigenvalue weighted by Crippen LogP contribution is -1.96. The topological polar surface area (TPSA) is 39.4 Å². The number of hydrogen-bond donors (Lipinski definition) is 0. The molecule has 0 bridgehead atoms. The van der Waals surface area contributed by atoms with Crippen LogP contribution < -0.4 is 0 Å². The summed E-state index contributed by atoms with van der Waals surface area (Å²) in [5.74, 6) is 5.44. The lowest BCUT2D eigenvalue weighted by Gasteiger charge is -1.92. The Morgan fingerprint density at radius 2 is 1.95 bits per heavy atom. The molecule has 0 radical (unpaired) electrons. The highest BCUT2D eigenvalue weighted by Gasteiger charge is 2.05. The van der Waals surface area contributed by atoms with Crippen LogP contribution >= 0.6 is 0 Å². The molecule has 1 aromatic heterocycles. The smallest absolute Gasteiger partial charge is 0.317 e. The minimum Gasteiger partial charge on any atom is -0.468 e. The van der Waals surface area contributed by atoms with Crippen molar-refractivity contribution >= 4 is 27.9 Å². The molecule has 3 aromatic rings. The molecule has 0 aliphatic heterocycles. The zero-order valence-corrected chi connectivity index (χ0v) is 11.0. The summed E-state index contributed by atoms with van der Waals surface area (Å²) >= 11 is 0. The summed E-state index contributed by atoms with van der Waals surface area (Å²) < 4.78 is 10.3. The minimum atomic E-state index is -0.327. The van der Waals surface area contributed by atoms with E-state index in [1.54, 1.807) is 0 Å². The molecule has 0 aliphatic rings. The largest absolute Gasteiger partial charge is 0.468 e. The molecule has 0 saturated carbocycles. The van der Waals surface area contributed by atoms with Crippen molar-refractivity contribution in [1.29, 1.82) is 0 Å². The average Bonchev–Trinajstić information content (AvgIpc) is 2.85. The first-order chi connectivity index (χ1) is 9.78. The van der Waals surface area contributed by atoms with Crippen molar-refractivity contribution < 1.29 is 13.9 Å². The summed E-state index contributed by atoms with van der Waals surface area (Å²) in [6.07, 6.45) is 0.0979. The number of furan rings is 1. The van der Waals surface area contributed by atoms with Crippen LogP contribution in [0.15, 0.2) is 46.9 Å². The first kappa shape index (κ1) is 12.3. The molecule has 0 amide bonds. The van der Waals surface area contributed by atoms with E-state index >= 15 is 0 Å². The third-order valence-electron chi connectivity index (χ3n) is 3.07. The van der Waals surface area contributed by atoms with Gasteiger partial charge >= 0.3 is 5.97 Å². The number of benzene rings is 2. The van der Waals surface area contributed by atoms with E-state index < -0.39 is 0 Å². The van der Waals surface area contributed by atoms with E-state index in [1.807, 2.05) is 42.5 Å². The summed E-state index contributed by atoms with van der Waals surface area (Å²) in [5, 5.41) is 2.10. The van der Waals surface area contributed by atoms with Crippen LogP contribution in [0.5, 0.6) is 0 Å². The molecule has 0 atom stereocenters. The van der Waals surface area contributed by atoms with Crippen molar-refractivity contribution in [1.82, 2.24) is 0 Å². The van der Waals surface area contributed by atoms with Crippen molar-refractivity contribution in [2.24, 2.45) is 0 Å². The quantitative estimate of drug-likeness (QED) is 0.499. The van der Waals surface area contributed by atoms with Crippen molar-refractivity contribution in [3.8, 4) is 11.8 Å². The van der Waals surface area contributed by atoms with E-state index in [2.05, 4.69) is 16.6 Å². The van der Waals surface area contributed by atoms with Crippen LogP contribution in [0.2, 0.25) is 0 Å². The molecule has 3 nitrogen and oxygen atoms in total. The Labute approximate surface area is 116 Å². The van der Waals surface area contributed by atoms with Gasteiger partial charge in [-0.3, -0.25) is 4.79 Å². The Morgan fingerprint density at radius 3 is 2.80 bits per heavy atom. The average molecular weight is 264 g/mol. The van der Waals surface area contributed by atoms with E-state index in [9.17, 15) is 4.79 Å². The van der Waals surface area contributed by atoms with Gasteiger partial charge in [0.25, 0.3) is 0 Å². The molecule has 98 valence electrons. The number of para-hydroxylation sites is 1. The number of carbonyl (C=O) groups excluding carboxylic acids is 1. The molecule has 3 rings (SSSR count). The maximum absolute atomic E-state index is 11.0. The van der Waals surface area contributed by atoms with Gasteiger partial charge in [-0.15, -0.1) is 0 Å². The van der Waals surface area contributed by atoms with Crippen LogP contribution in [0.3, 0.4) is 0 Å². The Hall–Kier alpha value is -2.73. The Balaban J connectivity index is 2.01. The van der Waals surface area contributed by atoms with Gasteiger partial charge in [-0.2, -0.15) is 0 Å². The molecule has 3 heteroatoms. The molecule has 0 spiro atoms. The highest BCUT2D eigenvalue weighted by atomic mass is 16.5. The lowest BCUT2D eigenvalue weighted by atomic mass is 10.1. The number of hydrogen-bond acceptors (Lipinski definition) is 3. The molecule has 2 aromatic carbocycles. The lowest BCUT2D eigenvalue weighted by molar-refractivity contribution is -0.139. The van der Waals surface area contributed by atoms with Crippen LogP contribution in [-0.2, 0) is 9.53 Å². The maximum Gasteiger partial charge on any atom is 0.317 e. The summed E-state index contributed by atoms with van der Waals surface area (Å²) in [4.78, 5) is 11.0. The van der Waals surface area contributed by atoms with Gasteiger partial charge in [0.15, 0.2) is 0 Å². The van der Waals surface area contributed by atoms with Crippen LogP contribution in [0.1, 0.15) is 12.0 Å². The standard InChI is InChI=1S/C17H12O3/c1-19-17(18)8-4-5-12-9-10-16-14(11-12)13-6-2-3-7-15(13)20-16/h2-3,6-7,9-11H,8H2,1H3. The Morgan fingerprint density at radius 1 is 1.15 bits per heavy atom. The third-order valence-corrected chi connectivity index (χ3v) is 3.07. The fraction of sp³-hybridized carbons (Fsp3) is 0.118. The number of fused-ring (bicyclic) bond motifs is 3. The van der Waals surface area contributed by atoms with Gasteiger partial charge in [0, 0.05) is 16.3 Å². The number of ether oxygens (including phenoxy) is 1. The van der Waals surface area contributed by atoms with Gasteiger partial charge < -0.3 is 9.15 Å². The second-order valence-electron chi connectivity index (χ2n) is 4.36. The van der Waals surface area contributed by atoms with Gasteiger partial charge in [0.1, 0.15) is 17.6 Å². The first-order valence-electron chi connectivity index (χ1n) is 6.25. The fourth-order valence-electron chi connectivity index (χ4n) is 2.09. The van der Waals surface area contributed by atoms with Crippen molar-refractivity contribution in [3.63, 3.8) is 0 Å². The minimum absolute atomic E-state index is 0.0979. The zero-order chi connectivity index (χ0) is 13.9. The van der Waals surface area contributed by atoms with Crippen LogP contribution in [-0.4, -0.2) is 13.1 Å². The van der Waals surface area contributed by atoms with Gasteiger partial charge in [0.05, 0.1) is 7.11 Å². The fourth-order valence-corrected chi connectivity index (χ4v) is 2.09. The van der Waals surface area contributed by atoms with E-state index in [1.165, 1.54) is 7.11 Å². The molecule has 0 N–H and O–H groups in total. The number of methoxy groups -OCH3 is 1. The summed E-state index contributed by atoms with van der Waals surface area (Å²) in [6, 6.07) is 13.7. The molecular weight excluding hydrogens is 252 g/mol. The molecular formula is C17H12O3. The number of rotatable bonds is 1. The van der Waals surface area contributed by atoms with Crippen molar-refractivity contribution in [2.45, 2.75) is 6.42 Å². The zero-order valence-electron chi connectivity index (χ0n) is 11.0. The molecule has 0 fully saturated rings. The number of esters is 1.